The van der Waals surface area contributed by atoms with Gasteiger partial charge >= 0.3 is 0 Å². The zero-order valence-corrected chi connectivity index (χ0v) is 14.0. The van der Waals surface area contributed by atoms with Gasteiger partial charge in [0.15, 0.2) is 0 Å². The number of nitrogens with one attached hydrogen (secondary N) is 1. The van der Waals surface area contributed by atoms with E-state index in [4.69, 9.17) is 4.74 Å². The highest BCUT2D eigenvalue weighted by Gasteiger charge is 2.22. The first-order valence-corrected chi connectivity index (χ1v) is 8.39. The molecule has 5 heteroatoms. The fourth-order valence-corrected chi connectivity index (χ4v) is 3.34. The van der Waals surface area contributed by atoms with Gasteiger partial charge in [-0.25, -0.2) is 0 Å². The number of aromatic nitrogens is 1. The number of piperidine rings is 1. The minimum Gasteiger partial charge on any atom is -0.490 e. The third-order valence-electron chi connectivity index (χ3n) is 4.74. The Morgan fingerprint density at radius 1 is 1.30 bits per heavy atom. The molecule has 1 aromatic heterocycles. The highest BCUT2D eigenvalue weighted by atomic mass is 16.5. The van der Waals surface area contributed by atoms with Gasteiger partial charge in [0.05, 0.1) is 0 Å². The summed E-state index contributed by atoms with van der Waals surface area (Å²) in [5.41, 5.74) is 1.06. The lowest BCUT2D eigenvalue weighted by molar-refractivity contribution is 0.0510. The van der Waals surface area contributed by atoms with Crippen molar-refractivity contribution in [3.63, 3.8) is 0 Å². The number of rotatable bonds is 6. The van der Waals surface area contributed by atoms with E-state index in [0.29, 0.717) is 19.2 Å². The van der Waals surface area contributed by atoms with E-state index in [0.717, 1.165) is 29.7 Å². The third-order valence-corrected chi connectivity index (χ3v) is 4.74. The summed E-state index contributed by atoms with van der Waals surface area (Å²) in [4.78, 5) is 7.81. The molecule has 1 unspecified atom stereocenters. The fourth-order valence-electron chi connectivity index (χ4n) is 3.34. The number of ether oxygens (including phenoxy) is 1. The van der Waals surface area contributed by atoms with Crippen molar-refractivity contribution in [3.8, 4) is 5.75 Å². The van der Waals surface area contributed by atoms with Crippen LogP contribution in [0.4, 0.5) is 0 Å². The number of nitrogens with zero attached hydrogens (tertiary/aromatic N) is 2. The van der Waals surface area contributed by atoms with Crippen LogP contribution in [0, 0.1) is 0 Å². The van der Waals surface area contributed by atoms with E-state index in [9.17, 15) is 5.11 Å². The lowest BCUT2D eigenvalue weighted by Gasteiger charge is -2.35. The van der Waals surface area contributed by atoms with Crippen molar-refractivity contribution < 1.29 is 9.84 Å². The van der Waals surface area contributed by atoms with Gasteiger partial charge in [-0.2, -0.15) is 0 Å². The van der Waals surface area contributed by atoms with Gasteiger partial charge in [0, 0.05) is 29.7 Å². The van der Waals surface area contributed by atoms with Gasteiger partial charge in [-0.15, -0.1) is 0 Å². The summed E-state index contributed by atoms with van der Waals surface area (Å²) in [5, 5.41) is 11.3. The van der Waals surface area contributed by atoms with Crippen LogP contribution in [0.2, 0.25) is 0 Å². The molecule has 1 aliphatic heterocycles. The Morgan fingerprint density at radius 2 is 2.09 bits per heavy atom. The molecule has 2 N–H and O–H groups in total. The fraction of sp³-hybridized carbons (Fsp3) is 0.556. The maximum atomic E-state index is 10.3. The average Bonchev–Trinajstić information content (AvgIpc) is 3.02. The molecule has 5 nitrogen and oxygen atoms in total. The topological polar surface area (TPSA) is 51.7 Å². The summed E-state index contributed by atoms with van der Waals surface area (Å²) in [6.07, 6.45) is 3.79. The SMILES string of the molecule is CN(C)C1CCN(CC(O)COc2cccc3[nH]ccc23)CC1. The van der Waals surface area contributed by atoms with Gasteiger partial charge < -0.3 is 24.6 Å². The molecule has 1 saturated heterocycles. The Bertz CT molecular complexity index is 618. The van der Waals surface area contributed by atoms with E-state index in [2.05, 4.69) is 28.9 Å². The molecule has 0 amide bonds. The smallest absolute Gasteiger partial charge is 0.128 e. The van der Waals surface area contributed by atoms with E-state index < -0.39 is 6.10 Å². The van der Waals surface area contributed by atoms with Crippen LogP contribution < -0.4 is 4.74 Å². The second kappa shape index (κ2) is 7.34. The standard InChI is InChI=1S/C18H27N3O2/c1-20(2)14-7-10-21(11-8-14)12-15(22)13-23-18-5-3-4-17-16(18)6-9-19-17/h3-6,9,14-15,19,22H,7-8,10-13H2,1-2H3. The van der Waals surface area contributed by atoms with Crippen molar-refractivity contribution >= 4 is 10.9 Å². The van der Waals surface area contributed by atoms with E-state index in [1.165, 1.54) is 12.8 Å². The van der Waals surface area contributed by atoms with Gasteiger partial charge in [-0.05, 0) is 58.2 Å². The lowest BCUT2D eigenvalue weighted by Crippen LogP contribution is -2.45. The maximum Gasteiger partial charge on any atom is 0.128 e. The quantitative estimate of drug-likeness (QED) is 0.855. The van der Waals surface area contributed by atoms with Gasteiger partial charge in [-0.1, -0.05) is 6.07 Å². The molecule has 1 aromatic carbocycles. The number of β-amino-alcohol motifs (C(OH)–C–C–N with tert-alkyl or cyclic N) is 1. The molecule has 3 rings (SSSR count). The first-order chi connectivity index (χ1) is 11.1. The number of hydrogen-bond donors (Lipinski definition) is 2. The molecule has 1 atom stereocenters. The number of fused-ring (bicyclic) bond motifs is 1. The van der Waals surface area contributed by atoms with E-state index in [1.807, 2.05) is 30.5 Å². The van der Waals surface area contributed by atoms with Gasteiger partial charge in [0.25, 0.3) is 0 Å². The summed E-state index contributed by atoms with van der Waals surface area (Å²) >= 11 is 0. The van der Waals surface area contributed by atoms with Crippen molar-refractivity contribution in [2.24, 2.45) is 0 Å². The van der Waals surface area contributed by atoms with Crippen molar-refractivity contribution in [2.75, 3.05) is 40.3 Å². The number of aliphatic hydroxyl groups is 1. The molecular formula is C18H27N3O2. The lowest BCUT2D eigenvalue weighted by atomic mass is 10.0. The second-order valence-electron chi connectivity index (χ2n) is 6.66. The van der Waals surface area contributed by atoms with Gasteiger partial charge in [-0.3, -0.25) is 0 Å². The second-order valence-corrected chi connectivity index (χ2v) is 6.66. The van der Waals surface area contributed by atoms with E-state index in [1.54, 1.807) is 0 Å². The van der Waals surface area contributed by atoms with Gasteiger partial charge in [0.2, 0.25) is 0 Å². The molecule has 2 heterocycles. The monoisotopic (exact) mass is 317 g/mol. The van der Waals surface area contributed by atoms with Crippen LogP contribution >= 0.6 is 0 Å². The average molecular weight is 317 g/mol. The van der Waals surface area contributed by atoms with Crippen molar-refractivity contribution in [3.05, 3.63) is 30.5 Å². The number of likely N-dealkylation sites (tertiary alicyclic amines) is 1. The van der Waals surface area contributed by atoms with Crippen LogP contribution in [-0.2, 0) is 0 Å². The number of hydrogen-bond acceptors (Lipinski definition) is 4. The predicted molar refractivity (Wildman–Crippen MR) is 92.9 cm³/mol. The summed E-state index contributed by atoms with van der Waals surface area (Å²) in [7, 11) is 4.29. The largest absolute Gasteiger partial charge is 0.490 e. The molecule has 1 fully saturated rings. The molecule has 1 aliphatic rings. The first-order valence-electron chi connectivity index (χ1n) is 8.39. The minimum absolute atomic E-state index is 0.331. The normalized spacial score (nSPS) is 18.6. The van der Waals surface area contributed by atoms with E-state index >= 15 is 0 Å². The van der Waals surface area contributed by atoms with Crippen LogP contribution in [0.15, 0.2) is 30.5 Å². The maximum absolute atomic E-state index is 10.3. The molecule has 126 valence electrons. The first kappa shape index (κ1) is 16.3. The van der Waals surface area contributed by atoms with Crippen molar-refractivity contribution in [1.82, 2.24) is 14.8 Å². The molecule has 2 aromatic rings. The molecule has 0 spiro atoms. The Labute approximate surface area is 137 Å². The van der Waals surface area contributed by atoms with Gasteiger partial charge in [0.1, 0.15) is 18.5 Å². The summed E-state index contributed by atoms with van der Waals surface area (Å²) in [6, 6.07) is 8.61. The molecule has 0 aliphatic carbocycles. The Kier molecular flexibility index (Phi) is 5.20. The van der Waals surface area contributed by atoms with Crippen molar-refractivity contribution in [2.45, 2.75) is 25.0 Å². The van der Waals surface area contributed by atoms with Crippen LogP contribution in [0.5, 0.6) is 5.75 Å². The molecular weight excluding hydrogens is 290 g/mol. The van der Waals surface area contributed by atoms with Crippen LogP contribution in [0.3, 0.4) is 0 Å². The summed E-state index contributed by atoms with van der Waals surface area (Å²) in [6.45, 7) is 3.11. The third kappa shape index (κ3) is 4.05. The Hall–Kier alpha value is -1.56. The number of aliphatic hydroxyl groups excluding tert-OH is 1. The minimum atomic E-state index is -0.458. The highest BCUT2D eigenvalue weighted by molar-refractivity contribution is 5.85. The van der Waals surface area contributed by atoms with Crippen molar-refractivity contribution in [1.29, 1.82) is 0 Å². The summed E-state index contributed by atoms with van der Waals surface area (Å²) < 4.78 is 5.84. The van der Waals surface area contributed by atoms with Crippen LogP contribution in [0.1, 0.15) is 12.8 Å². The Balaban J connectivity index is 1.47. The van der Waals surface area contributed by atoms with Crippen LogP contribution in [-0.4, -0.2) is 72.4 Å². The van der Waals surface area contributed by atoms with Crippen LogP contribution in [0.25, 0.3) is 10.9 Å². The molecule has 0 radical (unpaired) electrons. The Morgan fingerprint density at radius 3 is 2.83 bits per heavy atom. The number of benzene rings is 1. The molecule has 23 heavy (non-hydrogen) atoms. The highest BCUT2D eigenvalue weighted by Crippen LogP contribution is 2.24. The zero-order valence-electron chi connectivity index (χ0n) is 14.0. The number of aromatic amines is 1. The molecule has 0 bridgehead atoms. The number of H-pyrrole nitrogens is 1. The van der Waals surface area contributed by atoms with E-state index in [-0.39, 0.29) is 0 Å². The summed E-state index contributed by atoms with van der Waals surface area (Å²) in [5.74, 6) is 0.828. The molecule has 0 saturated carbocycles. The zero-order chi connectivity index (χ0) is 16.2. The predicted octanol–water partition coefficient (Wildman–Crippen LogP) is 1.93.